The van der Waals surface area contributed by atoms with E-state index < -0.39 is 0 Å². The number of benzene rings is 1. The van der Waals surface area contributed by atoms with Gasteiger partial charge in [0.25, 0.3) is 5.91 Å². The standard InChI is InChI=1S/C14H15N3O/c18-14(16-17-7-1-2-8-17)12-4-3-11-5-6-15-10-13(11)9-12/h1-4,7-9,15H,5-6,10H2,(H,16,18). The third kappa shape index (κ3) is 2.15. The largest absolute Gasteiger partial charge is 0.312 e. The predicted octanol–water partition coefficient (Wildman–Crippen LogP) is 1.52. The minimum absolute atomic E-state index is 0.0837. The Morgan fingerprint density at radius 2 is 2.06 bits per heavy atom. The summed E-state index contributed by atoms with van der Waals surface area (Å²) in [6.45, 7) is 1.86. The highest BCUT2D eigenvalue weighted by molar-refractivity contribution is 6.00. The summed E-state index contributed by atoms with van der Waals surface area (Å²) in [6.07, 6.45) is 4.64. The van der Waals surface area contributed by atoms with Gasteiger partial charge in [-0.2, -0.15) is 0 Å². The van der Waals surface area contributed by atoms with E-state index in [9.17, 15) is 4.79 Å². The molecule has 0 atom stereocenters. The highest BCUT2D eigenvalue weighted by atomic mass is 16.2. The summed E-state index contributed by atoms with van der Waals surface area (Å²) in [4.78, 5) is 12.0. The zero-order valence-electron chi connectivity index (χ0n) is 10.0. The molecule has 1 aromatic carbocycles. The van der Waals surface area contributed by atoms with E-state index >= 15 is 0 Å². The number of hydrogen-bond donors (Lipinski definition) is 2. The molecule has 4 nitrogen and oxygen atoms in total. The molecule has 2 heterocycles. The van der Waals surface area contributed by atoms with Crippen LogP contribution in [0.1, 0.15) is 21.5 Å². The maximum Gasteiger partial charge on any atom is 0.270 e. The van der Waals surface area contributed by atoms with E-state index in [1.54, 1.807) is 17.1 Å². The lowest BCUT2D eigenvalue weighted by Gasteiger charge is -2.17. The van der Waals surface area contributed by atoms with Crippen LogP contribution in [-0.4, -0.2) is 17.1 Å². The Morgan fingerprint density at radius 1 is 1.22 bits per heavy atom. The number of carbonyl (C=O) groups is 1. The molecule has 0 spiro atoms. The van der Waals surface area contributed by atoms with Gasteiger partial charge in [-0.15, -0.1) is 0 Å². The van der Waals surface area contributed by atoms with Crippen molar-refractivity contribution >= 4 is 5.91 Å². The molecule has 1 aliphatic rings. The Bertz CT molecular complexity index is 560. The van der Waals surface area contributed by atoms with Crippen molar-refractivity contribution in [1.29, 1.82) is 0 Å². The summed E-state index contributed by atoms with van der Waals surface area (Å²) in [5.74, 6) is -0.0837. The first-order valence-corrected chi connectivity index (χ1v) is 6.10. The number of nitrogens with zero attached hydrogens (tertiary/aromatic N) is 1. The molecule has 0 bridgehead atoms. The van der Waals surface area contributed by atoms with E-state index in [0.29, 0.717) is 5.56 Å². The predicted molar refractivity (Wildman–Crippen MR) is 70.0 cm³/mol. The molecule has 2 N–H and O–H groups in total. The first-order valence-electron chi connectivity index (χ1n) is 6.10. The van der Waals surface area contributed by atoms with Gasteiger partial charge in [0, 0.05) is 24.5 Å². The second kappa shape index (κ2) is 4.66. The van der Waals surface area contributed by atoms with Gasteiger partial charge in [-0.1, -0.05) is 6.07 Å². The number of hydrogen-bond acceptors (Lipinski definition) is 2. The van der Waals surface area contributed by atoms with Crippen LogP contribution in [0, 0.1) is 0 Å². The third-order valence-corrected chi connectivity index (χ3v) is 3.19. The Balaban J connectivity index is 1.81. The molecular weight excluding hydrogens is 226 g/mol. The first-order chi connectivity index (χ1) is 8.83. The topological polar surface area (TPSA) is 46.1 Å². The van der Waals surface area contributed by atoms with Crippen molar-refractivity contribution in [3.63, 3.8) is 0 Å². The van der Waals surface area contributed by atoms with Crippen LogP contribution >= 0.6 is 0 Å². The van der Waals surface area contributed by atoms with Crippen molar-refractivity contribution in [2.75, 3.05) is 12.0 Å². The van der Waals surface area contributed by atoms with E-state index in [4.69, 9.17) is 0 Å². The number of nitrogens with one attached hydrogen (secondary N) is 2. The molecule has 0 radical (unpaired) electrons. The third-order valence-electron chi connectivity index (χ3n) is 3.19. The van der Waals surface area contributed by atoms with Crippen LogP contribution in [0.5, 0.6) is 0 Å². The van der Waals surface area contributed by atoms with Gasteiger partial charge in [0.05, 0.1) is 0 Å². The van der Waals surface area contributed by atoms with Gasteiger partial charge in [0.15, 0.2) is 0 Å². The van der Waals surface area contributed by atoms with Gasteiger partial charge in [-0.25, -0.2) is 0 Å². The summed E-state index contributed by atoms with van der Waals surface area (Å²) >= 11 is 0. The fourth-order valence-corrected chi connectivity index (χ4v) is 2.21. The molecule has 1 aliphatic heterocycles. The van der Waals surface area contributed by atoms with Crippen molar-refractivity contribution in [3.8, 4) is 0 Å². The van der Waals surface area contributed by atoms with E-state index in [2.05, 4.69) is 16.8 Å². The van der Waals surface area contributed by atoms with E-state index in [1.165, 1.54) is 11.1 Å². The van der Waals surface area contributed by atoms with E-state index in [-0.39, 0.29) is 5.91 Å². The number of amides is 1. The smallest absolute Gasteiger partial charge is 0.270 e. The Morgan fingerprint density at radius 3 is 2.89 bits per heavy atom. The van der Waals surface area contributed by atoms with Gasteiger partial charge in [-0.05, 0) is 48.4 Å². The van der Waals surface area contributed by atoms with Crippen LogP contribution in [0.2, 0.25) is 0 Å². The highest BCUT2D eigenvalue weighted by Crippen LogP contribution is 2.16. The lowest BCUT2D eigenvalue weighted by Crippen LogP contribution is -2.25. The molecule has 0 unspecified atom stereocenters. The summed E-state index contributed by atoms with van der Waals surface area (Å²) in [5, 5.41) is 3.32. The molecule has 92 valence electrons. The second-order valence-electron chi connectivity index (χ2n) is 4.44. The fourth-order valence-electron chi connectivity index (χ4n) is 2.21. The van der Waals surface area contributed by atoms with Crippen LogP contribution in [0.15, 0.2) is 42.7 Å². The van der Waals surface area contributed by atoms with Gasteiger partial charge in [-0.3, -0.25) is 14.9 Å². The van der Waals surface area contributed by atoms with Gasteiger partial charge in [0.1, 0.15) is 0 Å². The molecular formula is C14H15N3O. The van der Waals surface area contributed by atoms with Crippen molar-refractivity contribution in [2.45, 2.75) is 13.0 Å². The van der Waals surface area contributed by atoms with Crippen LogP contribution in [0.25, 0.3) is 0 Å². The molecule has 0 aliphatic carbocycles. The van der Waals surface area contributed by atoms with E-state index in [0.717, 1.165) is 19.5 Å². The summed E-state index contributed by atoms with van der Waals surface area (Å²) < 4.78 is 1.65. The maximum atomic E-state index is 12.0. The molecule has 4 heteroatoms. The van der Waals surface area contributed by atoms with Crippen LogP contribution in [0.3, 0.4) is 0 Å². The van der Waals surface area contributed by atoms with Crippen LogP contribution in [-0.2, 0) is 13.0 Å². The molecule has 0 saturated heterocycles. The average molecular weight is 241 g/mol. The minimum Gasteiger partial charge on any atom is -0.312 e. The highest BCUT2D eigenvalue weighted by Gasteiger charge is 2.12. The number of aromatic nitrogens is 1. The molecule has 0 saturated carbocycles. The van der Waals surface area contributed by atoms with Crippen molar-refractivity contribution < 1.29 is 4.79 Å². The maximum absolute atomic E-state index is 12.0. The van der Waals surface area contributed by atoms with E-state index in [1.807, 2.05) is 24.3 Å². The van der Waals surface area contributed by atoms with Gasteiger partial charge in [0.2, 0.25) is 0 Å². The zero-order chi connectivity index (χ0) is 12.4. The minimum atomic E-state index is -0.0837. The Hall–Kier alpha value is -2.07. The number of fused-ring (bicyclic) bond motifs is 1. The lowest BCUT2D eigenvalue weighted by molar-refractivity contribution is 0.101. The zero-order valence-corrected chi connectivity index (χ0v) is 10.0. The molecule has 3 rings (SSSR count). The fraction of sp³-hybridized carbons (Fsp3) is 0.214. The normalized spacial score (nSPS) is 14.0. The number of rotatable bonds is 2. The summed E-state index contributed by atoms with van der Waals surface area (Å²) in [6, 6.07) is 9.66. The molecule has 2 aromatic rings. The SMILES string of the molecule is O=C(Nn1cccc1)c1ccc2c(c1)CNCC2. The van der Waals surface area contributed by atoms with Crippen LogP contribution in [0.4, 0.5) is 0 Å². The lowest BCUT2D eigenvalue weighted by atomic mass is 9.98. The monoisotopic (exact) mass is 241 g/mol. The molecule has 1 amide bonds. The average Bonchev–Trinajstić information content (AvgIpc) is 2.91. The molecule has 0 fully saturated rings. The van der Waals surface area contributed by atoms with Crippen molar-refractivity contribution in [3.05, 3.63) is 59.4 Å². The Labute approximate surface area is 106 Å². The quantitative estimate of drug-likeness (QED) is 0.837. The summed E-state index contributed by atoms with van der Waals surface area (Å²) in [7, 11) is 0. The second-order valence-corrected chi connectivity index (χ2v) is 4.44. The molecule has 1 aromatic heterocycles. The van der Waals surface area contributed by atoms with Crippen LogP contribution < -0.4 is 10.7 Å². The Kier molecular flexibility index (Phi) is 2.86. The van der Waals surface area contributed by atoms with Gasteiger partial charge < -0.3 is 5.32 Å². The first kappa shape index (κ1) is 11.0. The van der Waals surface area contributed by atoms with Gasteiger partial charge >= 0.3 is 0 Å². The number of carbonyl (C=O) groups excluding carboxylic acids is 1. The van der Waals surface area contributed by atoms with Crippen molar-refractivity contribution in [1.82, 2.24) is 9.99 Å². The molecule has 18 heavy (non-hydrogen) atoms. The summed E-state index contributed by atoms with van der Waals surface area (Å²) in [5.41, 5.74) is 6.07. The van der Waals surface area contributed by atoms with Crippen molar-refractivity contribution in [2.24, 2.45) is 0 Å².